The number of aryl methyl sites for hydroxylation is 1. The molecule has 32 heavy (non-hydrogen) atoms. The van der Waals surface area contributed by atoms with E-state index >= 15 is 0 Å². The number of likely N-dealkylation sites (N-methyl/N-ethyl adjacent to an activating group) is 1. The van der Waals surface area contributed by atoms with Crippen LogP contribution in [0.2, 0.25) is 0 Å². The van der Waals surface area contributed by atoms with Crippen LogP contribution in [0.3, 0.4) is 0 Å². The molecule has 7 heteroatoms. The van der Waals surface area contributed by atoms with Gasteiger partial charge in [0.05, 0.1) is 0 Å². The molecule has 7 nitrogen and oxygen atoms in total. The van der Waals surface area contributed by atoms with Gasteiger partial charge in [-0.2, -0.15) is 0 Å². The van der Waals surface area contributed by atoms with Gasteiger partial charge < -0.3 is 20.3 Å². The first-order valence-corrected chi connectivity index (χ1v) is 11.8. The fourth-order valence-electron chi connectivity index (χ4n) is 4.00. The van der Waals surface area contributed by atoms with Crippen LogP contribution in [0.25, 0.3) is 0 Å². The maximum absolute atomic E-state index is 13.4. The highest BCUT2D eigenvalue weighted by Gasteiger charge is 2.32. The van der Waals surface area contributed by atoms with Crippen LogP contribution in [0.5, 0.6) is 0 Å². The van der Waals surface area contributed by atoms with Gasteiger partial charge in [0.1, 0.15) is 18.2 Å². The Balaban J connectivity index is 2.19. The summed E-state index contributed by atoms with van der Waals surface area (Å²) in [5.41, 5.74) is 1.28. The van der Waals surface area contributed by atoms with Crippen LogP contribution < -0.4 is 10.6 Å². The van der Waals surface area contributed by atoms with Crippen LogP contribution in [0, 0.1) is 0 Å². The first-order valence-electron chi connectivity index (χ1n) is 11.8. The van der Waals surface area contributed by atoms with Gasteiger partial charge in [0.25, 0.3) is 0 Å². The second-order valence-corrected chi connectivity index (χ2v) is 9.38. The van der Waals surface area contributed by atoms with Crippen LogP contribution in [0.4, 0.5) is 4.79 Å². The molecule has 178 valence electrons. The Morgan fingerprint density at radius 1 is 1.06 bits per heavy atom. The zero-order chi connectivity index (χ0) is 23.7. The van der Waals surface area contributed by atoms with Crippen molar-refractivity contribution in [1.82, 2.24) is 15.5 Å². The molecule has 1 aliphatic rings. The minimum Gasteiger partial charge on any atom is -0.444 e. The van der Waals surface area contributed by atoms with Crippen molar-refractivity contribution in [1.29, 1.82) is 0 Å². The summed E-state index contributed by atoms with van der Waals surface area (Å²) in [6.45, 7) is 9.31. The summed E-state index contributed by atoms with van der Waals surface area (Å²) in [5, 5.41) is 5.68. The zero-order valence-electron chi connectivity index (χ0n) is 20.2. The zero-order valence-corrected chi connectivity index (χ0v) is 20.2. The third-order valence-electron chi connectivity index (χ3n) is 5.66. The fraction of sp³-hybridized carbons (Fsp3) is 0.640. The Hall–Kier alpha value is -2.57. The Morgan fingerprint density at radius 3 is 2.22 bits per heavy atom. The van der Waals surface area contributed by atoms with Crippen molar-refractivity contribution in [2.24, 2.45) is 0 Å². The number of nitrogens with zero attached hydrogens (tertiary/aromatic N) is 1. The molecular formula is C25H39N3O4. The standard InChI is InChI=1S/C25H39N3O4/c1-6-18-13-15-19(16-14-18)22(23(30)27-20-11-9-8-10-12-20)28(7-2)21(29)17-26-24(31)32-25(3,4)5/h13-16,20,22H,6-12,17H2,1-5H3,(H,26,31)(H,27,30). The average molecular weight is 446 g/mol. The Bertz CT molecular complexity index is 764. The number of carbonyl (C=O) groups excluding carboxylic acids is 3. The van der Waals surface area contributed by atoms with Crippen molar-refractivity contribution < 1.29 is 19.1 Å². The van der Waals surface area contributed by atoms with Crippen LogP contribution >= 0.6 is 0 Å². The Labute approximate surface area is 192 Å². The number of amides is 3. The number of benzene rings is 1. The molecule has 0 aliphatic heterocycles. The molecule has 1 aromatic carbocycles. The largest absolute Gasteiger partial charge is 0.444 e. The lowest BCUT2D eigenvalue weighted by atomic mass is 9.94. The number of hydrogen-bond acceptors (Lipinski definition) is 4. The maximum Gasteiger partial charge on any atom is 0.408 e. The molecule has 0 aromatic heterocycles. The van der Waals surface area contributed by atoms with Crippen molar-refractivity contribution >= 4 is 17.9 Å². The number of carbonyl (C=O) groups is 3. The number of nitrogens with one attached hydrogen (secondary N) is 2. The predicted molar refractivity (Wildman–Crippen MR) is 125 cm³/mol. The van der Waals surface area contributed by atoms with E-state index in [0.29, 0.717) is 6.54 Å². The molecule has 0 bridgehead atoms. The van der Waals surface area contributed by atoms with E-state index in [1.54, 1.807) is 20.8 Å². The summed E-state index contributed by atoms with van der Waals surface area (Å²) in [5.74, 6) is -0.504. The molecular weight excluding hydrogens is 406 g/mol. The molecule has 1 saturated carbocycles. The lowest BCUT2D eigenvalue weighted by Crippen LogP contribution is -2.49. The smallest absolute Gasteiger partial charge is 0.408 e. The number of ether oxygens (including phenoxy) is 1. The Morgan fingerprint density at radius 2 is 1.69 bits per heavy atom. The van der Waals surface area contributed by atoms with Crippen LogP contribution in [-0.4, -0.2) is 47.5 Å². The van der Waals surface area contributed by atoms with E-state index in [1.165, 1.54) is 16.9 Å². The molecule has 2 rings (SSSR count). The third-order valence-corrected chi connectivity index (χ3v) is 5.66. The SMILES string of the molecule is CCc1ccc(C(C(=O)NC2CCCCC2)N(CC)C(=O)CNC(=O)OC(C)(C)C)cc1. The first-order chi connectivity index (χ1) is 15.1. The molecule has 1 atom stereocenters. The van der Waals surface area contributed by atoms with E-state index in [1.807, 2.05) is 31.2 Å². The first kappa shape index (κ1) is 25.7. The molecule has 0 saturated heterocycles. The van der Waals surface area contributed by atoms with E-state index < -0.39 is 17.7 Å². The number of alkyl carbamates (subject to hydrolysis) is 1. The fourth-order valence-corrected chi connectivity index (χ4v) is 4.00. The van der Waals surface area contributed by atoms with E-state index in [0.717, 1.165) is 37.7 Å². The molecule has 1 aliphatic carbocycles. The summed E-state index contributed by atoms with van der Waals surface area (Å²) in [4.78, 5) is 40.0. The van der Waals surface area contributed by atoms with Crippen molar-refractivity contribution in [3.63, 3.8) is 0 Å². The van der Waals surface area contributed by atoms with Crippen molar-refractivity contribution in [2.75, 3.05) is 13.1 Å². The van der Waals surface area contributed by atoms with Gasteiger partial charge in [-0.05, 0) is 58.1 Å². The maximum atomic E-state index is 13.4. The van der Waals surface area contributed by atoms with Gasteiger partial charge in [-0.25, -0.2) is 4.79 Å². The van der Waals surface area contributed by atoms with E-state index in [4.69, 9.17) is 4.74 Å². The molecule has 3 amide bonds. The van der Waals surface area contributed by atoms with E-state index in [9.17, 15) is 14.4 Å². The van der Waals surface area contributed by atoms with E-state index in [-0.39, 0.29) is 24.4 Å². The molecule has 1 fully saturated rings. The molecule has 0 spiro atoms. The van der Waals surface area contributed by atoms with Crippen LogP contribution in [0.15, 0.2) is 24.3 Å². The summed E-state index contributed by atoms with van der Waals surface area (Å²) in [6, 6.07) is 7.21. The van der Waals surface area contributed by atoms with Gasteiger partial charge in [-0.3, -0.25) is 9.59 Å². The highest BCUT2D eigenvalue weighted by atomic mass is 16.6. The van der Waals surface area contributed by atoms with Crippen molar-refractivity contribution in [3.8, 4) is 0 Å². The average Bonchev–Trinajstić information content (AvgIpc) is 2.75. The second-order valence-electron chi connectivity index (χ2n) is 9.38. The predicted octanol–water partition coefficient (Wildman–Crippen LogP) is 4.11. The van der Waals surface area contributed by atoms with Crippen LogP contribution in [0.1, 0.15) is 83.9 Å². The lowest BCUT2D eigenvalue weighted by Gasteiger charge is -2.33. The third kappa shape index (κ3) is 7.84. The summed E-state index contributed by atoms with van der Waals surface area (Å²) in [7, 11) is 0. The molecule has 2 N–H and O–H groups in total. The van der Waals surface area contributed by atoms with Gasteiger partial charge >= 0.3 is 6.09 Å². The summed E-state index contributed by atoms with van der Waals surface area (Å²) in [6.07, 6.45) is 5.59. The highest BCUT2D eigenvalue weighted by Crippen LogP contribution is 2.24. The van der Waals surface area contributed by atoms with Gasteiger partial charge in [-0.15, -0.1) is 0 Å². The monoisotopic (exact) mass is 445 g/mol. The van der Waals surface area contributed by atoms with Crippen molar-refractivity contribution in [2.45, 2.75) is 90.8 Å². The highest BCUT2D eigenvalue weighted by molar-refractivity contribution is 5.90. The minimum absolute atomic E-state index is 0.141. The normalized spacial score (nSPS) is 15.5. The molecule has 1 aromatic rings. The topological polar surface area (TPSA) is 87.7 Å². The van der Waals surface area contributed by atoms with Gasteiger partial charge in [0.15, 0.2) is 0 Å². The number of rotatable bonds is 8. The number of hydrogen-bond donors (Lipinski definition) is 2. The molecule has 1 unspecified atom stereocenters. The minimum atomic E-state index is -0.749. The molecule has 0 radical (unpaired) electrons. The van der Waals surface area contributed by atoms with Gasteiger partial charge in [-0.1, -0.05) is 50.5 Å². The Kier molecular flexibility index (Phi) is 9.54. The van der Waals surface area contributed by atoms with E-state index in [2.05, 4.69) is 17.6 Å². The quantitative estimate of drug-likeness (QED) is 0.630. The summed E-state index contributed by atoms with van der Waals surface area (Å²) >= 11 is 0. The van der Waals surface area contributed by atoms with Crippen molar-refractivity contribution in [3.05, 3.63) is 35.4 Å². The summed E-state index contributed by atoms with van der Waals surface area (Å²) < 4.78 is 5.22. The van der Waals surface area contributed by atoms with Gasteiger partial charge in [0, 0.05) is 12.6 Å². The lowest BCUT2D eigenvalue weighted by molar-refractivity contribution is -0.140. The molecule has 0 heterocycles. The van der Waals surface area contributed by atoms with Crippen LogP contribution in [-0.2, 0) is 20.7 Å². The van der Waals surface area contributed by atoms with Gasteiger partial charge in [0.2, 0.25) is 11.8 Å². The second kappa shape index (κ2) is 11.9.